The van der Waals surface area contributed by atoms with E-state index in [2.05, 4.69) is 16.8 Å². The van der Waals surface area contributed by atoms with Crippen molar-refractivity contribution in [1.82, 2.24) is 0 Å². The molecule has 106 valence electrons. The Morgan fingerprint density at radius 2 is 2.21 bits per heavy atom. The molecule has 0 amide bonds. The Balaban J connectivity index is 1.61. The average molecular weight is 282 g/mol. The van der Waals surface area contributed by atoms with Gasteiger partial charge in [0.2, 0.25) is 0 Å². The first kappa shape index (κ1) is 13.6. The molecule has 2 aliphatic heterocycles. The molecule has 0 saturated carbocycles. The van der Waals surface area contributed by atoms with Gasteiger partial charge in [-0.2, -0.15) is 11.3 Å². The standard InChI is InChI=1S/C15H22O3S/c16-14(9-12-2-8-19-11-12)13-1-5-18-15(10-13)3-6-17-7-4-15/h2,8,11,13-14,16H,1,3-7,9-10H2. The summed E-state index contributed by atoms with van der Waals surface area (Å²) >= 11 is 1.70. The fourth-order valence-electron chi connectivity index (χ4n) is 3.30. The molecule has 0 bridgehead atoms. The molecule has 2 atom stereocenters. The number of aliphatic hydroxyl groups is 1. The first-order valence-electron chi connectivity index (χ1n) is 7.18. The maximum Gasteiger partial charge on any atom is 0.0730 e. The van der Waals surface area contributed by atoms with Crippen LogP contribution < -0.4 is 0 Å². The van der Waals surface area contributed by atoms with Gasteiger partial charge in [-0.3, -0.25) is 0 Å². The Morgan fingerprint density at radius 1 is 1.37 bits per heavy atom. The normalized spacial score (nSPS) is 28.4. The van der Waals surface area contributed by atoms with Crippen LogP contribution in [0.4, 0.5) is 0 Å². The fourth-order valence-corrected chi connectivity index (χ4v) is 3.98. The molecule has 3 heterocycles. The third kappa shape index (κ3) is 3.19. The van der Waals surface area contributed by atoms with E-state index >= 15 is 0 Å². The minimum atomic E-state index is -0.238. The molecule has 19 heavy (non-hydrogen) atoms. The van der Waals surface area contributed by atoms with Crippen LogP contribution in [0.5, 0.6) is 0 Å². The van der Waals surface area contributed by atoms with Gasteiger partial charge in [-0.1, -0.05) is 0 Å². The molecule has 4 heteroatoms. The van der Waals surface area contributed by atoms with Crippen molar-refractivity contribution < 1.29 is 14.6 Å². The minimum absolute atomic E-state index is 0.0171. The first-order valence-corrected chi connectivity index (χ1v) is 8.13. The van der Waals surface area contributed by atoms with Crippen LogP contribution in [0, 0.1) is 5.92 Å². The molecule has 2 saturated heterocycles. The third-order valence-corrected chi connectivity index (χ3v) is 5.24. The van der Waals surface area contributed by atoms with Crippen molar-refractivity contribution >= 4 is 11.3 Å². The van der Waals surface area contributed by atoms with Crippen LogP contribution in [0.2, 0.25) is 0 Å². The van der Waals surface area contributed by atoms with Crippen LogP contribution >= 0.6 is 11.3 Å². The number of hydrogen-bond donors (Lipinski definition) is 1. The van der Waals surface area contributed by atoms with E-state index in [9.17, 15) is 5.11 Å². The largest absolute Gasteiger partial charge is 0.392 e. The van der Waals surface area contributed by atoms with E-state index in [4.69, 9.17) is 9.47 Å². The molecular formula is C15H22O3S. The maximum absolute atomic E-state index is 10.5. The third-order valence-electron chi connectivity index (χ3n) is 4.50. The lowest BCUT2D eigenvalue weighted by molar-refractivity contribution is -0.158. The molecular weight excluding hydrogens is 260 g/mol. The van der Waals surface area contributed by atoms with E-state index in [1.807, 2.05) is 0 Å². The van der Waals surface area contributed by atoms with Gasteiger partial charge in [-0.05, 0) is 60.4 Å². The quantitative estimate of drug-likeness (QED) is 0.926. The Kier molecular flexibility index (Phi) is 4.22. The molecule has 3 nitrogen and oxygen atoms in total. The lowest BCUT2D eigenvalue weighted by Gasteiger charge is -2.44. The van der Waals surface area contributed by atoms with Gasteiger partial charge >= 0.3 is 0 Å². The highest BCUT2D eigenvalue weighted by atomic mass is 32.1. The van der Waals surface area contributed by atoms with Gasteiger partial charge < -0.3 is 14.6 Å². The predicted molar refractivity (Wildman–Crippen MR) is 75.5 cm³/mol. The molecule has 2 aliphatic rings. The van der Waals surface area contributed by atoms with Gasteiger partial charge in [-0.25, -0.2) is 0 Å². The van der Waals surface area contributed by atoms with E-state index in [0.717, 1.165) is 51.9 Å². The zero-order valence-electron chi connectivity index (χ0n) is 11.2. The summed E-state index contributed by atoms with van der Waals surface area (Å²) in [7, 11) is 0. The maximum atomic E-state index is 10.5. The highest BCUT2D eigenvalue weighted by Crippen LogP contribution is 2.38. The van der Waals surface area contributed by atoms with Crippen molar-refractivity contribution in [1.29, 1.82) is 0 Å². The van der Waals surface area contributed by atoms with Gasteiger partial charge in [-0.15, -0.1) is 0 Å². The average Bonchev–Trinajstić information content (AvgIpc) is 2.92. The van der Waals surface area contributed by atoms with Gasteiger partial charge in [0.15, 0.2) is 0 Å². The second-order valence-corrected chi connectivity index (χ2v) is 6.58. The zero-order valence-corrected chi connectivity index (χ0v) is 12.0. The monoisotopic (exact) mass is 282 g/mol. The highest BCUT2D eigenvalue weighted by Gasteiger charge is 2.40. The number of ether oxygens (including phenoxy) is 2. The second-order valence-electron chi connectivity index (χ2n) is 5.80. The summed E-state index contributed by atoms with van der Waals surface area (Å²) in [5, 5.41) is 14.7. The summed E-state index contributed by atoms with van der Waals surface area (Å²) in [6.45, 7) is 2.38. The van der Waals surface area contributed by atoms with Crippen LogP contribution in [0.25, 0.3) is 0 Å². The van der Waals surface area contributed by atoms with E-state index in [-0.39, 0.29) is 11.7 Å². The van der Waals surface area contributed by atoms with Crippen molar-refractivity contribution in [3.63, 3.8) is 0 Å². The van der Waals surface area contributed by atoms with Crippen molar-refractivity contribution in [3.05, 3.63) is 22.4 Å². The molecule has 1 spiro atoms. The minimum Gasteiger partial charge on any atom is -0.392 e. The lowest BCUT2D eigenvalue weighted by Crippen LogP contribution is -2.46. The second kappa shape index (κ2) is 5.92. The van der Waals surface area contributed by atoms with Crippen LogP contribution in [-0.2, 0) is 15.9 Å². The number of thiophene rings is 1. The molecule has 1 aromatic heterocycles. The van der Waals surface area contributed by atoms with Crippen LogP contribution in [0.15, 0.2) is 16.8 Å². The molecule has 2 fully saturated rings. The zero-order chi connectivity index (χ0) is 13.1. The Bertz CT molecular complexity index is 379. The van der Waals surface area contributed by atoms with Crippen LogP contribution in [0.1, 0.15) is 31.2 Å². The smallest absolute Gasteiger partial charge is 0.0730 e. The van der Waals surface area contributed by atoms with Crippen LogP contribution in [-0.4, -0.2) is 36.6 Å². The molecule has 1 N–H and O–H groups in total. The van der Waals surface area contributed by atoms with Crippen molar-refractivity contribution in [2.24, 2.45) is 5.92 Å². The lowest BCUT2D eigenvalue weighted by atomic mass is 9.77. The molecule has 1 aromatic rings. The Labute approximate surface area is 118 Å². The van der Waals surface area contributed by atoms with Gasteiger partial charge in [0, 0.05) is 19.8 Å². The predicted octanol–water partition coefficient (Wildman–Crippen LogP) is 2.63. The fraction of sp³-hybridized carbons (Fsp3) is 0.733. The molecule has 3 rings (SSSR count). The first-order chi connectivity index (χ1) is 9.27. The number of rotatable bonds is 3. The molecule has 0 radical (unpaired) electrons. The van der Waals surface area contributed by atoms with Crippen molar-refractivity contribution in [2.45, 2.75) is 43.8 Å². The summed E-state index contributed by atoms with van der Waals surface area (Å²) in [5.41, 5.74) is 1.24. The SMILES string of the molecule is OC(Cc1ccsc1)C1CCOC2(CCOCC2)C1. The molecule has 0 aromatic carbocycles. The Morgan fingerprint density at radius 3 is 2.95 bits per heavy atom. The molecule has 0 aliphatic carbocycles. The van der Waals surface area contributed by atoms with Gasteiger partial charge in [0.1, 0.15) is 0 Å². The summed E-state index contributed by atoms with van der Waals surface area (Å²) in [6, 6.07) is 2.11. The van der Waals surface area contributed by atoms with E-state index in [1.165, 1.54) is 5.56 Å². The Hall–Kier alpha value is -0.420. The van der Waals surface area contributed by atoms with Crippen LogP contribution in [0.3, 0.4) is 0 Å². The molecule has 2 unspecified atom stereocenters. The summed E-state index contributed by atoms with van der Waals surface area (Å²) in [5.74, 6) is 0.367. The van der Waals surface area contributed by atoms with E-state index in [0.29, 0.717) is 5.92 Å². The topological polar surface area (TPSA) is 38.7 Å². The summed E-state index contributed by atoms with van der Waals surface area (Å²) < 4.78 is 11.5. The number of aliphatic hydroxyl groups excluding tert-OH is 1. The summed E-state index contributed by atoms with van der Waals surface area (Å²) in [4.78, 5) is 0. The van der Waals surface area contributed by atoms with Gasteiger partial charge in [0.05, 0.1) is 11.7 Å². The van der Waals surface area contributed by atoms with Gasteiger partial charge in [0.25, 0.3) is 0 Å². The summed E-state index contributed by atoms with van der Waals surface area (Å²) in [6.07, 6.45) is 4.47. The van der Waals surface area contributed by atoms with E-state index < -0.39 is 0 Å². The highest BCUT2D eigenvalue weighted by molar-refractivity contribution is 7.07. The van der Waals surface area contributed by atoms with E-state index in [1.54, 1.807) is 11.3 Å². The van der Waals surface area contributed by atoms with Crippen molar-refractivity contribution in [3.8, 4) is 0 Å². The van der Waals surface area contributed by atoms with Crippen molar-refractivity contribution in [2.75, 3.05) is 19.8 Å². The number of hydrogen-bond acceptors (Lipinski definition) is 4.